The van der Waals surface area contributed by atoms with E-state index < -0.39 is 56.6 Å². The molecular weight excluding hydrogens is 1020 g/mol. The topological polar surface area (TPSA) is 263 Å². The highest BCUT2D eigenvalue weighted by atomic mass is 16.6. The molecule has 0 aromatic rings. The van der Waals surface area contributed by atoms with E-state index >= 15 is 0 Å². The van der Waals surface area contributed by atoms with E-state index in [4.69, 9.17) is 47.4 Å². The molecule has 10 atom stereocenters. The summed E-state index contributed by atoms with van der Waals surface area (Å²) in [4.78, 5) is 114. The van der Waals surface area contributed by atoms with Gasteiger partial charge in [0.2, 0.25) is 0 Å². The number of hydrogen-bond donors (Lipinski definition) is 0. The Labute approximate surface area is 463 Å². The number of ether oxygens (including phenoxy) is 10. The summed E-state index contributed by atoms with van der Waals surface area (Å²) < 4.78 is 52.2. The molecule has 0 bridgehead atoms. The monoisotopic (exact) mass is 1110 g/mol. The maximum Gasteiger partial charge on any atom is 0.312 e. The van der Waals surface area contributed by atoms with E-state index in [-0.39, 0.29) is 122 Å². The van der Waals surface area contributed by atoms with Crippen LogP contribution in [-0.4, -0.2) is 118 Å². The summed E-state index contributed by atoms with van der Waals surface area (Å²) in [6.45, 7) is 41.7. The van der Waals surface area contributed by atoms with Crippen LogP contribution in [0.2, 0.25) is 0 Å². The lowest BCUT2D eigenvalue weighted by Gasteiger charge is -2.35. The summed E-state index contributed by atoms with van der Waals surface area (Å²) in [6, 6.07) is 0. The molecule has 0 spiro atoms. The van der Waals surface area contributed by atoms with Crippen molar-refractivity contribution in [3.63, 3.8) is 0 Å². The SMILES string of the molecule is CCC(C)(C)C(=O)OC1(C)CC(=O)OC1C.CCC(C)(C)C(=O)OC1CC(=O)OC1(C)C.CCC(C)C(=O)OC1(C)CC(=O)OC1(C)C.CCC(C)C(=O)OC1(C)CC(=O)OC1C.CCC(C)C(=O)OC1CC(=O)OC1(C)C. The summed E-state index contributed by atoms with van der Waals surface area (Å²) in [5.74, 6) is -3.28. The van der Waals surface area contributed by atoms with E-state index in [0.717, 1.165) is 19.3 Å². The number of rotatable bonds is 15. The van der Waals surface area contributed by atoms with E-state index in [9.17, 15) is 47.9 Å². The summed E-state index contributed by atoms with van der Waals surface area (Å²) in [5.41, 5.74) is -5.66. The molecule has 0 aliphatic carbocycles. The van der Waals surface area contributed by atoms with Gasteiger partial charge in [-0.25, -0.2) is 0 Å². The summed E-state index contributed by atoms with van der Waals surface area (Å²) >= 11 is 0. The van der Waals surface area contributed by atoms with Crippen LogP contribution in [-0.2, 0) is 95.3 Å². The first-order valence-electron chi connectivity index (χ1n) is 27.5. The van der Waals surface area contributed by atoms with Crippen LogP contribution in [0.4, 0.5) is 0 Å². The largest absolute Gasteiger partial charge is 0.458 e. The number of cyclic esters (lactones) is 5. The number of hydrogen-bond acceptors (Lipinski definition) is 20. The lowest BCUT2D eigenvalue weighted by Crippen LogP contribution is -2.48. The van der Waals surface area contributed by atoms with Crippen LogP contribution < -0.4 is 0 Å². The average molecular weight is 1110 g/mol. The maximum atomic E-state index is 11.9. The Morgan fingerprint density at radius 3 is 1.17 bits per heavy atom. The van der Waals surface area contributed by atoms with Crippen LogP contribution in [0.1, 0.15) is 223 Å². The van der Waals surface area contributed by atoms with E-state index in [2.05, 4.69) is 0 Å². The predicted octanol–water partition coefficient (Wildman–Crippen LogP) is 9.52. The average Bonchev–Trinajstić information content (AvgIpc) is 3.99. The molecule has 5 saturated heterocycles. The van der Waals surface area contributed by atoms with Gasteiger partial charge in [-0.2, -0.15) is 0 Å². The highest BCUT2D eigenvalue weighted by Gasteiger charge is 2.55. The zero-order valence-corrected chi connectivity index (χ0v) is 51.3. The van der Waals surface area contributed by atoms with Gasteiger partial charge in [-0.15, -0.1) is 0 Å². The highest BCUT2D eigenvalue weighted by Crippen LogP contribution is 2.40. The van der Waals surface area contributed by atoms with Crippen LogP contribution in [0.15, 0.2) is 0 Å². The Balaban J connectivity index is 0.000000488. The summed E-state index contributed by atoms with van der Waals surface area (Å²) in [6.07, 6.45) is 2.66. The molecule has 0 radical (unpaired) electrons. The first-order chi connectivity index (χ1) is 35.4. The third kappa shape index (κ3) is 19.5. The molecule has 5 rings (SSSR count). The minimum absolute atomic E-state index is 0.127. The highest BCUT2D eigenvalue weighted by molar-refractivity contribution is 5.81. The van der Waals surface area contributed by atoms with E-state index in [1.807, 2.05) is 83.1 Å². The number of esters is 10. The predicted molar refractivity (Wildman–Crippen MR) is 284 cm³/mol. The van der Waals surface area contributed by atoms with Crippen molar-refractivity contribution in [1.29, 1.82) is 0 Å². The van der Waals surface area contributed by atoms with Crippen molar-refractivity contribution in [1.82, 2.24) is 0 Å². The molecule has 448 valence electrons. The van der Waals surface area contributed by atoms with E-state index in [1.54, 1.807) is 76.2 Å². The number of carbonyl (C=O) groups is 10. The van der Waals surface area contributed by atoms with E-state index in [0.29, 0.717) is 12.8 Å². The zero-order valence-electron chi connectivity index (χ0n) is 51.3. The normalized spacial score (nSPS) is 28.4. The Morgan fingerprint density at radius 2 is 0.846 bits per heavy atom. The van der Waals surface area contributed by atoms with Gasteiger partial charge in [0.1, 0.15) is 29.0 Å². The molecule has 20 heteroatoms. The smallest absolute Gasteiger partial charge is 0.312 e. The van der Waals surface area contributed by atoms with Crippen molar-refractivity contribution < 1.29 is 95.3 Å². The van der Waals surface area contributed by atoms with Crippen LogP contribution in [0.25, 0.3) is 0 Å². The van der Waals surface area contributed by atoms with E-state index in [1.165, 1.54) is 0 Å². The lowest BCUT2D eigenvalue weighted by atomic mass is 9.87. The van der Waals surface area contributed by atoms with Crippen LogP contribution in [0, 0.1) is 28.6 Å². The fraction of sp³-hybridized carbons (Fsp3) is 0.828. The van der Waals surface area contributed by atoms with Crippen molar-refractivity contribution in [2.45, 2.75) is 281 Å². The molecule has 0 aromatic heterocycles. The molecular formula is C58H96O20. The Kier molecular flexibility index (Phi) is 25.1. The van der Waals surface area contributed by atoms with Crippen molar-refractivity contribution >= 4 is 59.7 Å². The third-order valence-corrected chi connectivity index (χ3v) is 15.9. The maximum absolute atomic E-state index is 11.9. The summed E-state index contributed by atoms with van der Waals surface area (Å²) in [5, 5.41) is 0. The van der Waals surface area contributed by atoms with Crippen molar-refractivity contribution in [3.05, 3.63) is 0 Å². The molecule has 20 nitrogen and oxygen atoms in total. The minimum Gasteiger partial charge on any atom is -0.458 e. The fourth-order valence-corrected chi connectivity index (χ4v) is 7.20. The molecule has 0 amide bonds. The molecule has 10 unspecified atom stereocenters. The van der Waals surface area contributed by atoms with Gasteiger partial charge in [0.05, 0.1) is 60.7 Å². The standard InChI is InChI=1S/3C12H20O4.2C11H18O4/c1-6-11(2,3)10(14)15-8-7-9(13)16-12(8,4)5;1-6-11(3,4)10(14)16-12(5)7-9(13)15-8(12)2;1-6-8(2)10(14)16-12(5)7-9(13)15-11(12,3)4;1-5-7(2)10(13)14-8-6-9(12)15-11(8,3)4;1-5-7(2)10(13)15-11(4)6-9(12)14-8(11)3/h3*8H,6-7H2,1-5H3;2*7-8H,5-6H2,1-4H3. The second-order valence-electron chi connectivity index (χ2n) is 24.7. The lowest BCUT2D eigenvalue weighted by molar-refractivity contribution is -0.179. The zero-order chi connectivity index (χ0) is 61.0. The Hall–Kier alpha value is -5.30. The Bertz CT molecular complexity index is 2150. The van der Waals surface area contributed by atoms with Gasteiger partial charge in [0.15, 0.2) is 29.0 Å². The number of carbonyl (C=O) groups excluding carboxylic acids is 10. The molecule has 5 aliphatic rings. The molecule has 0 aromatic carbocycles. The first-order valence-corrected chi connectivity index (χ1v) is 27.5. The van der Waals surface area contributed by atoms with Gasteiger partial charge >= 0.3 is 59.7 Å². The van der Waals surface area contributed by atoms with Crippen LogP contribution >= 0.6 is 0 Å². The minimum atomic E-state index is -0.857. The fourth-order valence-electron chi connectivity index (χ4n) is 7.20. The second-order valence-corrected chi connectivity index (χ2v) is 24.7. The first kappa shape index (κ1) is 70.7. The summed E-state index contributed by atoms with van der Waals surface area (Å²) in [7, 11) is 0. The molecule has 5 heterocycles. The third-order valence-electron chi connectivity index (χ3n) is 15.9. The molecule has 0 N–H and O–H groups in total. The molecule has 5 aliphatic heterocycles. The quantitative estimate of drug-likeness (QED) is 0.109. The van der Waals surface area contributed by atoms with Gasteiger partial charge in [-0.3, -0.25) is 47.9 Å². The second kappa shape index (κ2) is 27.7. The van der Waals surface area contributed by atoms with Gasteiger partial charge in [0.25, 0.3) is 0 Å². The Morgan fingerprint density at radius 1 is 0.487 bits per heavy atom. The molecule has 5 fully saturated rings. The molecule has 78 heavy (non-hydrogen) atoms. The van der Waals surface area contributed by atoms with Crippen LogP contribution in [0.5, 0.6) is 0 Å². The van der Waals surface area contributed by atoms with Crippen molar-refractivity contribution in [3.8, 4) is 0 Å². The van der Waals surface area contributed by atoms with Gasteiger partial charge in [-0.05, 0) is 136 Å². The molecule has 0 saturated carbocycles. The van der Waals surface area contributed by atoms with Gasteiger partial charge in [-0.1, -0.05) is 55.4 Å². The van der Waals surface area contributed by atoms with Gasteiger partial charge < -0.3 is 47.4 Å². The van der Waals surface area contributed by atoms with Crippen LogP contribution in [0.3, 0.4) is 0 Å². The van der Waals surface area contributed by atoms with Gasteiger partial charge in [0, 0.05) is 0 Å². The van der Waals surface area contributed by atoms with Crippen molar-refractivity contribution in [2.24, 2.45) is 28.6 Å². The van der Waals surface area contributed by atoms with Crippen molar-refractivity contribution in [2.75, 3.05) is 0 Å².